The molecule has 0 fully saturated rings. The lowest BCUT2D eigenvalue weighted by Gasteiger charge is -2.07. The van der Waals surface area contributed by atoms with E-state index in [0.29, 0.717) is 17.1 Å². The molecule has 0 aliphatic carbocycles. The highest BCUT2D eigenvalue weighted by Crippen LogP contribution is 2.20. The van der Waals surface area contributed by atoms with Gasteiger partial charge in [0.1, 0.15) is 12.2 Å². The number of halogens is 1. The standard InChI is InChI=1S/C21H16IN5O2/c1-13-7-14(10-23-9-13)17-3-2-4-19(25-17)21(29)24-16-5-6-18-15(8-16)11-27(26-18)12-20(22)28/h2-11H,12H2,1H3,(H,24,29). The predicted molar refractivity (Wildman–Crippen MR) is 119 cm³/mol. The van der Waals surface area contributed by atoms with E-state index in [1.54, 1.807) is 70.1 Å². The van der Waals surface area contributed by atoms with Crippen LogP contribution in [0, 0.1) is 6.92 Å². The molecular formula is C21H16IN5O2. The van der Waals surface area contributed by atoms with E-state index >= 15 is 0 Å². The molecule has 0 atom stereocenters. The van der Waals surface area contributed by atoms with Gasteiger partial charge in [0.15, 0.2) is 0 Å². The molecule has 0 aliphatic heterocycles. The van der Waals surface area contributed by atoms with Gasteiger partial charge in [0.05, 0.1) is 11.2 Å². The van der Waals surface area contributed by atoms with Crippen LogP contribution in [0.1, 0.15) is 16.1 Å². The molecule has 4 rings (SSSR count). The number of carbonyl (C=O) groups excluding carboxylic acids is 2. The fourth-order valence-corrected chi connectivity index (χ4v) is 3.32. The quantitative estimate of drug-likeness (QED) is 0.333. The van der Waals surface area contributed by atoms with Crippen LogP contribution in [-0.4, -0.2) is 29.4 Å². The third-order valence-corrected chi connectivity index (χ3v) is 4.59. The average Bonchev–Trinajstić information content (AvgIpc) is 3.08. The fourth-order valence-electron chi connectivity index (χ4n) is 2.98. The summed E-state index contributed by atoms with van der Waals surface area (Å²) in [4.78, 5) is 32.6. The number of carbonyl (C=O) groups is 2. The summed E-state index contributed by atoms with van der Waals surface area (Å²) in [6.07, 6.45) is 5.28. The Morgan fingerprint density at radius 1 is 1.14 bits per heavy atom. The number of pyridine rings is 2. The van der Waals surface area contributed by atoms with Crippen LogP contribution in [0.15, 0.2) is 61.1 Å². The number of hydrogen-bond donors (Lipinski definition) is 1. The first-order chi connectivity index (χ1) is 14.0. The maximum absolute atomic E-state index is 12.7. The zero-order valence-corrected chi connectivity index (χ0v) is 17.6. The summed E-state index contributed by atoms with van der Waals surface area (Å²) in [5, 5.41) is 8.05. The van der Waals surface area contributed by atoms with E-state index < -0.39 is 0 Å². The van der Waals surface area contributed by atoms with Crippen LogP contribution in [-0.2, 0) is 11.3 Å². The van der Waals surface area contributed by atoms with Gasteiger partial charge in [-0.1, -0.05) is 6.07 Å². The van der Waals surface area contributed by atoms with Gasteiger partial charge < -0.3 is 5.32 Å². The van der Waals surface area contributed by atoms with Gasteiger partial charge in [0.2, 0.25) is 3.79 Å². The third-order valence-electron chi connectivity index (χ3n) is 4.25. The molecule has 1 amide bonds. The molecule has 3 aromatic heterocycles. The van der Waals surface area contributed by atoms with Crippen molar-refractivity contribution in [2.45, 2.75) is 13.5 Å². The van der Waals surface area contributed by atoms with Gasteiger partial charge in [-0.2, -0.15) is 5.10 Å². The Hall–Kier alpha value is -3.14. The summed E-state index contributed by atoms with van der Waals surface area (Å²) in [5.41, 5.74) is 4.28. The molecule has 0 saturated heterocycles. The normalized spacial score (nSPS) is 10.8. The molecule has 29 heavy (non-hydrogen) atoms. The van der Waals surface area contributed by atoms with Crippen molar-refractivity contribution in [2.24, 2.45) is 0 Å². The molecule has 3 heterocycles. The number of anilines is 1. The molecule has 0 radical (unpaired) electrons. The Bertz CT molecular complexity index is 1230. The van der Waals surface area contributed by atoms with Crippen LogP contribution in [0.25, 0.3) is 22.2 Å². The number of rotatable bonds is 5. The smallest absolute Gasteiger partial charge is 0.274 e. The molecule has 0 bridgehead atoms. The molecule has 0 unspecified atom stereocenters. The first kappa shape index (κ1) is 19.2. The van der Waals surface area contributed by atoms with E-state index in [1.807, 2.05) is 25.1 Å². The first-order valence-electron chi connectivity index (χ1n) is 8.84. The number of benzene rings is 1. The van der Waals surface area contributed by atoms with Crippen LogP contribution in [0.2, 0.25) is 0 Å². The van der Waals surface area contributed by atoms with Crippen molar-refractivity contribution in [1.82, 2.24) is 19.7 Å². The highest BCUT2D eigenvalue weighted by Gasteiger charge is 2.11. The van der Waals surface area contributed by atoms with Gasteiger partial charge in [-0.15, -0.1) is 0 Å². The molecule has 0 aliphatic rings. The summed E-state index contributed by atoms with van der Waals surface area (Å²) >= 11 is 1.74. The van der Waals surface area contributed by atoms with Crippen molar-refractivity contribution >= 4 is 48.9 Å². The summed E-state index contributed by atoms with van der Waals surface area (Å²) < 4.78 is 1.59. The highest BCUT2D eigenvalue weighted by molar-refractivity contribution is 14.1. The van der Waals surface area contributed by atoms with Gasteiger partial charge in [0, 0.05) is 57.8 Å². The van der Waals surface area contributed by atoms with E-state index in [4.69, 9.17) is 0 Å². The van der Waals surface area contributed by atoms with Gasteiger partial charge in [-0.3, -0.25) is 19.3 Å². The molecule has 7 nitrogen and oxygen atoms in total. The second-order valence-corrected chi connectivity index (χ2v) is 7.77. The van der Waals surface area contributed by atoms with Crippen molar-refractivity contribution in [1.29, 1.82) is 0 Å². The topological polar surface area (TPSA) is 89.8 Å². The van der Waals surface area contributed by atoms with E-state index in [2.05, 4.69) is 20.4 Å². The van der Waals surface area contributed by atoms with E-state index in [9.17, 15) is 9.59 Å². The minimum Gasteiger partial charge on any atom is -0.321 e. The lowest BCUT2D eigenvalue weighted by molar-refractivity contribution is -0.110. The Morgan fingerprint density at radius 2 is 2.00 bits per heavy atom. The highest BCUT2D eigenvalue weighted by atomic mass is 127. The number of hydrogen-bond acceptors (Lipinski definition) is 5. The molecule has 0 saturated carbocycles. The number of aromatic nitrogens is 4. The lowest BCUT2D eigenvalue weighted by atomic mass is 10.1. The molecule has 0 spiro atoms. The maximum Gasteiger partial charge on any atom is 0.274 e. The summed E-state index contributed by atoms with van der Waals surface area (Å²) in [6, 6.07) is 12.7. The van der Waals surface area contributed by atoms with Gasteiger partial charge >= 0.3 is 0 Å². The Labute approximate surface area is 180 Å². The van der Waals surface area contributed by atoms with Gasteiger partial charge in [-0.25, -0.2) is 4.98 Å². The van der Waals surface area contributed by atoms with Crippen LogP contribution in [0.4, 0.5) is 5.69 Å². The van der Waals surface area contributed by atoms with Crippen LogP contribution >= 0.6 is 22.6 Å². The summed E-state index contributed by atoms with van der Waals surface area (Å²) in [7, 11) is 0. The third kappa shape index (κ3) is 4.48. The van der Waals surface area contributed by atoms with E-state index in [1.165, 1.54) is 0 Å². The molecule has 1 aromatic carbocycles. The SMILES string of the molecule is Cc1cncc(-c2cccc(C(=O)Nc3ccc4nn(CC(=O)I)cc4c3)n2)c1. The minimum absolute atomic E-state index is 0.00121. The zero-order chi connectivity index (χ0) is 20.4. The summed E-state index contributed by atoms with van der Waals surface area (Å²) in [6.45, 7) is 2.17. The van der Waals surface area contributed by atoms with Crippen LogP contribution < -0.4 is 5.32 Å². The van der Waals surface area contributed by atoms with Crippen molar-refractivity contribution in [3.8, 4) is 11.3 Å². The molecular weight excluding hydrogens is 481 g/mol. The zero-order valence-electron chi connectivity index (χ0n) is 15.5. The minimum atomic E-state index is -0.304. The van der Waals surface area contributed by atoms with Crippen LogP contribution in [0.5, 0.6) is 0 Å². The second kappa shape index (κ2) is 8.08. The molecule has 1 N–H and O–H groups in total. The average molecular weight is 497 g/mol. The van der Waals surface area contributed by atoms with Gasteiger partial charge in [0.25, 0.3) is 5.91 Å². The monoisotopic (exact) mass is 497 g/mol. The maximum atomic E-state index is 12.7. The summed E-state index contributed by atoms with van der Waals surface area (Å²) in [5.74, 6) is -0.304. The molecule has 4 aromatic rings. The van der Waals surface area contributed by atoms with E-state index in [-0.39, 0.29) is 16.2 Å². The van der Waals surface area contributed by atoms with Gasteiger partial charge in [-0.05, 0) is 48.9 Å². The Morgan fingerprint density at radius 3 is 2.79 bits per heavy atom. The largest absolute Gasteiger partial charge is 0.321 e. The van der Waals surface area contributed by atoms with Crippen molar-refractivity contribution < 1.29 is 9.59 Å². The van der Waals surface area contributed by atoms with E-state index in [0.717, 1.165) is 22.0 Å². The Kier molecular flexibility index (Phi) is 5.34. The number of nitrogens with zero attached hydrogens (tertiary/aromatic N) is 4. The number of aryl methyl sites for hydroxylation is 1. The Balaban J connectivity index is 1.56. The van der Waals surface area contributed by atoms with Crippen LogP contribution in [0.3, 0.4) is 0 Å². The predicted octanol–water partition coefficient (Wildman–Crippen LogP) is 4.02. The number of fused-ring (bicyclic) bond motifs is 1. The number of amides is 1. The number of nitrogens with one attached hydrogen (secondary N) is 1. The first-order valence-corrected chi connectivity index (χ1v) is 9.92. The fraction of sp³-hybridized carbons (Fsp3) is 0.0952. The molecule has 8 heteroatoms. The van der Waals surface area contributed by atoms with Crippen molar-refractivity contribution in [3.63, 3.8) is 0 Å². The lowest BCUT2D eigenvalue weighted by Crippen LogP contribution is -2.13. The van der Waals surface area contributed by atoms with Crippen molar-refractivity contribution in [3.05, 3.63) is 72.3 Å². The van der Waals surface area contributed by atoms with Crippen molar-refractivity contribution in [2.75, 3.05) is 5.32 Å². The second-order valence-electron chi connectivity index (χ2n) is 6.57. The molecule has 144 valence electrons.